The van der Waals surface area contributed by atoms with Crippen LogP contribution in [-0.4, -0.2) is 31.2 Å². The first kappa shape index (κ1) is 22.6. The van der Waals surface area contributed by atoms with Crippen molar-refractivity contribution in [1.82, 2.24) is 5.48 Å². The number of hydroxylamine groups is 1. The molecule has 0 spiro atoms. The van der Waals surface area contributed by atoms with Gasteiger partial charge in [-0.05, 0) is 60.5 Å². The molecule has 0 radical (unpaired) electrons. The summed E-state index contributed by atoms with van der Waals surface area (Å²) in [5.41, 5.74) is 5.40. The Kier molecular flexibility index (Phi) is 7.25. The summed E-state index contributed by atoms with van der Waals surface area (Å²) >= 11 is 0. The highest BCUT2D eigenvalue weighted by molar-refractivity contribution is 6.29. The number of methoxy groups -OCH3 is 2. The van der Waals surface area contributed by atoms with Gasteiger partial charge in [-0.2, -0.15) is 0 Å². The molecule has 0 bridgehead atoms. The van der Waals surface area contributed by atoms with Gasteiger partial charge in [0.2, 0.25) is 0 Å². The highest BCUT2D eigenvalue weighted by atomic mass is 16.5. The molecular weight excluding hydrogens is 408 g/mol. The second-order valence-corrected chi connectivity index (χ2v) is 7.01. The van der Waals surface area contributed by atoms with Crippen molar-refractivity contribution < 1.29 is 24.3 Å². The van der Waals surface area contributed by atoms with Crippen molar-refractivity contribution in [3.8, 4) is 11.5 Å². The number of ether oxygens (including phenoxy) is 2. The van der Waals surface area contributed by atoms with Crippen molar-refractivity contribution in [2.45, 2.75) is 6.92 Å². The fraction of sp³-hybridized carbons (Fsp3) is 0.120. The van der Waals surface area contributed by atoms with Crippen LogP contribution in [0, 0.1) is 6.92 Å². The second-order valence-electron chi connectivity index (χ2n) is 7.01. The second kappa shape index (κ2) is 10.3. The zero-order valence-electron chi connectivity index (χ0n) is 18.0. The number of nitrogens with one attached hydrogen (secondary N) is 2. The summed E-state index contributed by atoms with van der Waals surface area (Å²) in [4.78, 5) is 24.7. The predicted octanol–water partition coefficient (Wildman–Crippen LogP) is 4.31. The Morgan fingerprint density at radius 3 is 2.06 bits per heavy atom. The van der Waals surface area contributed by atoms with Crippen molar-refractivity contribution in [1.29, 1.82) is 0 Å². The van der Waals surface area contributed by atoms with Gasteiger partial charge in [0, 0.05) is 16.8 Å². The van der Waals surface area contributed by atoms with E-state index in [1.54, 1.807) is 50.0 Å². The van der Waals surface area contributed by atoms with Gasteiger partial charge in [0.15, 0.2) is 11.5 Å². The van der Waals surface area contributed by atoms with E-state index in [1.807, 2.05) is 37.3 Å². The Morgan fingerprint density at radius 2 is 1.47 bits per heavy atom. The molecule has 7 heteroatoms. The van der Waals surface area contributed by atoms with Crippen LogP contribution in [0.4, 0.5) is 5.69 Å². The van der Waals surface area contributed by atoms with Gasteiger partial charge in [-0.1, -0.05) is 35.9 Å². The standard InChI is InChI=1S/C25H24N2O5/c1-16-4-7-18(8-5-16)21(14-17-6-13-22(31-2)23(15-17)32-3)25(29)26-20-11-9-19(10-12-20)24(28)27-30/h4-15,30H,1-3H3,(H,26,29)(H,27,28)/b21-14+. The summed E-state index contributed by atoms with van der Waals surface area (Å²) in [6.07, 6.45) is 1.77. The van der Waals surface area contributed by atoms with Gasteiger partial charge < -0.3 is 14.8 Å². The van der Waals surface area contributed by atoms with E-state index in [0.717, 1.165) is 16.7 Å². The minimum atomic E-state index is -0.628. The van der Waals surface area contributed by atoms with Gasteiger partial charge in [-0.3, -0.25) is 14.8 Å². The number of carbonyl (C=O) groups is 2. The van der Waals surface area contributed by atoms with E-state index in [4.69, 9.17) is 14.7 Å². The van der Waals surface area contributed by atoms with Crippen LogP contribution in [-0.2, 0) is 4.79 Å². The van der Waals surface area contributed by atoms with E-state index < -0.39 is 5.91 Å². The molecular formula is C25H24N2O5. The lowest BCUT2D eigenvalue weighted by Gasteiger charge is -2.12. The molecule has 0 atom stereocenters. The van der Waals surface area contributed by atoms with Crippen LogP contribution in [0.25, 0.3) is 11.6 Å². The third-order valence-electron chi connectivity index (χ3n) is 4.83. The summed E-state index contributed by atoms with van der Waals surface area (Å²) in [5.74, 6) is 0.209. The van der Waals surface area contributed by atoms with Crippen molar-refractivity contribution in [2.75, 3.05) is 19.5 Å². The number of hydrogen-bond donors (Lipinski definition) is 3. The van der Waals surface area contributed by atoms with Crippen LogP contribution in [0.15, 0.2) is 66.7 Å². The van der Waals surface area contributed by atoms with Crippen molar-refractivity contribution in [3.05, 3.63) is 89.0 Å². The number of amides is 2. The maximum Gasteiger partial charge on any atom is 0.274 e. The van der Waals surface area contributed by atoms with Gasteiger partial charge in [-0.15, -0.1) is 0 Å². The van der Waals surface area contributed by atoms with E-state index in [-0.39, 0.29) is 11.5 Å². The molecule has 0 aliphatic rings. The van der Waals surface area contributed by atoms with E-state index >= 15 is 0 Å². The van der Waals surface area contributed by atoms with Crippen LogP contribution < -0.4 is 20.3 Å². The molecule has 32 heavy (non-hydrogen) atoms. The van der Waals surface area contributed by atoms with E-state index in [9.17, 15) is 9.59 Å². The minimum Gasteiger partial charge on any atom is -0.493 e. The summed E-state index contributed by atoms with van der Waals surface area (Å²) in [6, 6.07) is 19.2. The molecule has 7 nitrogen and oxygen atoms in total. The smallest absolute Gasteiger partial charge is 0.274 e. The molecule has 3 aromatic rings. The summed E-state index contributed by atoms with van der Waals surface area (Å²) in [6.45, 7) is 1.98. The number of hydrogen-bond acceptors (Lipinski definition) is 5. The minimum absolute atomic E-state index is 0.269. The highest BCUT2D eigenvalue weighted by Crippen LogP contribution is 2.30. The number of carbonyl (C=O) groups excluding carboxylic acids is 2. The first-order valence-electron chi connectivity index (χ1n) is 9.81. The van der Waals surface area contributed by atoms with Gasteiger partial charge in [0.05, 0.1) is 14.2 Å². The summed E-state index contributed by atoms with van der Waals surface area (Å²) in [7, 11) is 3.12. The van der Waals surface area contributed by atoms with Crippen LogP contribution >= 0.6 is 0 Å². The number of rotatable bonds is 7. The average molecular weight is 432 g/mol. The predicted molar refractivity (Wildman–Crippen MR) is 123 cm³/mol. The molecule has 3 aromatic carbocycles. The zero-order chi connectivity index (χ0) is 23.1. The normalized spacial score (nSPS) is 10.9. The molecule has 0 fully saturated rings. The first-order valence-corrected chi connectivity index (χ1v) is 9.81. The maximum atomic E-state index is 13.2. The largest absolute Gasteiger partial charge is 0.493 e. The molecule has 2 amide bonds. The molecule has 0 aromatic heterocycles. The lowest BCUT2D eigenvalue weighted by atomic mass is 10.0. The monoisotopic (exact) mass is 432 g/mol. The van der Waals surface area contributed by atoms with E-state index in [0.29, 0.717) is 22.8 Å². The number of aryl methyl sites for hydroxylation is 1. The molecule has 0 unspecified atom stereocenters. The first-order chi connectivity index (χ1) is 15.4. The van der Waals surface area contributed by atoms with Crippen molar-refractivity contribution >= 4 is 29.2 Å². The quantitative estimate of drug-likeness (QED) is 0.224. The van der Waals surface area contributed by atoms with E-state index in [2.05, 4.69) is 5.32 Å². The molecule has 164 valence electrons. The molecule has 0 heterocycles. The Labute approximate surface area is 186 Å². The van der Waals surface area contributed by atoms with Crippen LogP contribution in [0.5, 0.6) is 11.5 Å². The highest BCUT2D eigenvalue weighted by Gasteiger charge is 2.14. The number of anilines is 1. The van der Waals surface area contributed by atoms with Gasteiger partial charge in [0.1, 0.15) is 0 Å². The third-order valence-corrected chi connectivity index (χ3v) is 4.83. The van der Waals surface area contributed by atoms with Crippen molar-refractivity contribution in [3.63, 3.8) is 0 Å². The average Bonchev–Trinajstić information content (AvgIpc) is 2.82. The topological polar surface area (TPSA) is 96.9 Å². The summed E-state index contributed by atoms with van der Waals surface area (Å²) < 4.78 is 10.7. The lowest BCUT2D eigenvalue weighted by Crippen LogP contribution is -2.18. The van der Waals surface area contributed by atoms with Crippen molar-refractivity contribution in [2.24, 2.45) is 0 Å². The fourth-order valence-electron chi connectivity index (χ4n) is 3.09. The van der Waals surface area contributed by atoms with Gasteiger partial charge >= 0.3 is 0 Å². The Hall–Kier alpha value is -4.10. The molecule has 0 saturated carbocycles. The van der Waals surface area contributed by atoms with Crippen LogP contribution in [0.3, 0.4) is 0 Å². The number of benzene rings is 3. The van der Waals surface area contributed by atoms with Crippen LogP contribution in [0.2, 0.25) is 0 Å². The Balaban J connectivity index is 1.96. The molecule has 0 aliphatic heterocycles. The van der Waals surface area contributed by atoms with E-state index in [1.165, 1.54) is 12.1 Å². The fourth-order valence-corrected chi connectivity index (χ4v) is 3.09. The lowest BCUT2D eigenvalue weighted by molar-refractivity contribution is -0.111. The molecule has 0 saturated heterocycles. The summed E-state index contributed by atoms with van der Waals surface area (Å²) in [5, 5.41) is 11.6. The Morgan fingerprint density at radius 1 is 0.844 bits per heavy atom. The molecule has 0 aliphatic carbocycles. The van der Waals surface area contributed by atoms with Gasteiger partial charge in [0.25, 0.3) is 11.8 Å². The third kappa shape index (κ3) is 5.33. The van der Waals surface area contributed by atoms with Gasteiger partial charge in [-0.25, -0.2) is 5.48 Å². The zero-order valence-corrected chi connectivity index (χ0v) is 18.0. The maximum absolute atomic E-state index is 13.2. The van der Waals surface area contributed by atoms with Crippen LogP contribution in [0.1, 0.15) is 27.0 Å². The molecule has 3 N–H and O–H groups in total. The molecule has 3 rings (SSSR count). The Bertz CT molecular complexity index is 1140. The SMILES string of the molecule is COc1ccc(/C=C(/C(=O)Nc2ccc(C(=O)NO)cc2)c2ccc(C)cc2)cc1OC.